The van der Waals surface area contributed by atoms with Crippen LogP contribution < -0.4 is 10.1 Å². The van der Waals surface area contributed by atoms with Crippen molar-refractivity contribution in [2.75, 3.05) is 0 Å². The molecule has 0 radical (unpaired) electrons. The van der Waals surface area contributed by atoms with E-state index in [4.69, 9.17) is 9.84 Å². The molecule has 1 saturated heterocycles. The van der Waals surface area contributed by atoms with Crippen LogP contribution in [0.1, 0.15) is 24.5 Å². The maximum Gasteiger partial charge on any atom is 0.344 e. The zero-order valence-corrected chi connectivity index (χ0v) is 16.7. The maximum atomic E-state index is 12.2. The van der Waals surface area contributed by atoms with Crippen molar-refractivity contribution < 1.29 is 24.5 Å². The van der Waals surface area contributed by atoms with Crippen LogP contribution in [0.2, 0.25) is 0 Å². The second-order valence-corrected chi connectivity index (χ2v) is 7.41. The molecule has 2 aromatic rings. The number of amides is 1. The molecule has 1 unspecified atom stereocenters. The van der Waals surface area contributed by atoms with Gasteiger partial charge < -0.3 is 20.3 Å². The molecule has 1 aliphatic rings. The van der Waals surface area contributed by atoms with Crippen LogP contribution >= 0.6 is 11.8 Å². The van der Waals surface area contributed by atoms with Crippen LogP contribution in [-0.2, 0) is 9.59 Å². The summed E-state index contributed by atoms with van der Waals surface area (Å²) < 4.78 is 5.43. The maximum absolute atomic E-state index is 12.2. The fraction of sp³-hybridized carbons (Fsp3) is 0.190. The Morgan fingerprint density at radius 3 is 2.62 bits per heavy atom. The SMILES string of the molecule is CCC(Oc1ccc(/C=C2/SC(=Nc3ccc(O)cc3C)NC2=O)cc1)C(=O)O. The highest BCUT2D eigenvalue weighted by atomic mass is 32.2. The number of aliphatic carboxylic acids is 1. The van der Waals surface area contributed by atoms with Crippen LogP contribution in [0.4, 0.5) is 5.69 Å². The van der Waals surface area contributed by atoms with Gasteiger partial charge in [0.05, 0.1) is 10.6 Å². The van der Waals surface area contributed by atoms with Gasteiger partial charge in [-0.2, -0.15) is 0 Å². The smallest absolute Gasteiger partial charge is 0.344 e. The third-order valence-electron chi connectivity index (χ3n) is 4.16. The van der Waals surface area contributed by atoms with Crippen LogP contribution in [0.25, 0.3) is 6.08 Å². The van der Waals surface area contributed by atoms with Crippen LogP contribution in [-0.4, -0.2) is 33.4 Å². The zero-order valence-electron chi connectivity index (χ0n) is 15.9. The van der Waals surface area contributed by atoms with E-state index in [-0.39, 0.29) is 11.7 Å². The molecule has 0 saturated carbocycles. The molecule has 0 bridgehead atoms. The summed E-state index contributed by atoms with van der Waals surface area (Å²) in [5, 5.41) is 21.7. The number of aromatic hydroxyl groups is 1. The minimum Gasteiger partial charge on any atom is -0.508 e. The van der Waals surface area contributed by atoms with Crippen LogP contribution in [0.15, 0.2) is 52.4 Å². The number of carbonyl (C=O) groups is 2. The average Bonchev–Trinajstić information content (AvgIpc) is 3.02. The molecule has 3 N–H and O–H groups in total. The van der Waals surface area contributed by atoms with Gasteiger partial charge in [-0.25, -0.2) is 9.79 Å². The number of ether oxygens (including phenoxy) is 1. The minimum absolute atomic E-state index is 0.163. The quantitative estimate of drug-likeness (QED) is 0.622. The molecule has 1 heterocycles. The topological polar surface area (TPSA) is 108 Å². The van der Waals surface area contributed by atoms with Crippen molar-refractivity contribution in [3.8, 4) is 11.5 Å². The van der Waals surface area contributed by atoms with Crippen molar-refractivity contribution in [2.45, 2.75) is 26.4 Å². The summed E-state index contributed by atoms with van der Waals surface area (Å²) in [5.74, 6) is -0.637. The number of phenolic OH excluding ortho intramolecular Hbond substituents is 1. The fourth-order valence-corrected chi connectivity index (χ4v) is 3.46. The fourth-order valence-electron chi connectivity index (χ4n) is 2.62. The first kappa shape index (κ1) is 20.5. The summed E-state index contributed by atoms with van der Waals surface area (Å²) in [4.78, 5) is 28.2. The van der Waals surface area contributed by atoms with E-state index >= 15 is 0 Å². The third kappa shape index (κ3) is 5.17. The predicted molar refractivity (Wildman–Crippen MR) is 112 cm³/mol. The van der Waals surface area contributed by atoms with E-state index in [1.807, 2.05) is 6.92 Å². The molecule has 0 aromatic heterocycles. The van der Waals surface area contributed by atoms with E-state index in [9.17, 15) is 14.7 Å². The van der Waals surface area contributed by atoms with Crippen molar-refractivity contribution in [3.63, 3.8) is 0 Å². The Bertz CT molecular complexity index is 999. The predicted octanol–water partition coefficient (Wildman–Crippen LogP) is 3.83. The third-order valence-corrected chi connectivity index (χ3v) is 5.07. The van der Waals surface area contributed by atoms with E-state index in [1.165, 1.54) is 11.8 Å². The number of aryl methyl sites for hydroxylation is 1. The summed E-state index contributed by atoms with van der Waals surface area (Å²) in [5.41, 5.74) is 2.24. The van der Waals surface area contributed by atoms with E-state index in [1.54, 1.807) is 55.5 Å². The molecule has 1 fully saturated rings. The monoisotopic (exact) mass is 412 g/mol. The molecular weight excluding hydrogens is 392 g/mol. The summed E-state index contributed by atoms with van der Waals surface area (Å²) in [6, 6.07) is 11.7. The zero-order chi connectivity index (χ0) is 21.0. The Morgan fingerprint density at radius 1 is 1.28 bits per heavy atom. The van der Waals surface area contributed by atoms with E-state index in [0.717, 1.165) is 11.1 Å². The Kier molecular flexibility index (Phi) is 6.23. The van der Waals surface area contributed by atoms with Crippen molar-refractivity contribution in [1.29, 1.82) is 0 Å². The first-order valence-electron chi connectivity index (χ1n) is 8.94. The number of hydrogen-bond donors (Lipinski definition) is 3. The highest BCUT2D eigenvalue weighted by molar-refractivity contribution is 8.18. The first-order chi connectivity index (χ1) is 13.9. The molecule has 0 spiro atoms. The number of phenols is 1. The first-order valence-corrected chi connectivity index (χ1v) is 9.76. The van der Waals surface area contributed by atoms with Gasteiger partial charge in [-0.05, 0) is 72.6 Å². The number of carboxylic acids is 1. The van der Waals surface area contributed by atoms with E-state index in [2.05, 4.69) is 10.3 Å². The molecular formula is C21H20N2O5S. The van der Waals surface area contributed by atoms with Gasteiger partial charge in [0.15, 0.2) is 11.3 Å². The van der Waals surface area contributed by atoms with Gasteiger partial charge in [-0.3, -0.25) is 4.79 Å². The lowest BCUT2D eigenvalue weighted by atomic mass is 10.2. The highest BCUT2D eigenvalue weighted by Crippen LogP contribution is 2.30. The molecule has 1 atom stereocenters. The van der Waals surface area contributed by atoms with Crippen LogP contribution in [0, 0.1) is 6.92 Å². The van der Waals surface area contributed by atoms with Crippen LogP contribution in [0.5, 0.6) is 11.5 Å². The number of rotatable bonds is 6. The molecule has 7 nitrogen and oxygen atoms in total. The molecule has 2 aromatic carbocycles. The molecule has 3 rings (SSSR count). The Hall–Kier alpha value is -3.26. The van der Waals surface area contributed by atoms with Crippen LogP contribution in [0.3, 0.4) is 0 Å². The molecule has 1 aliphatic heterocycles. The molecule has 8 heteroatoms. The summed E-state index contributed by atoms with van der Waals surface area (Å²) in [6.07, 6.45) is 1.20. The molecule has 1 amide bonds. The van der Waals surface area contributed by atoms with Gasteiger partial charge >= 0.3 is 5.97 Å². The van der Waals surface area contributed by atoms with Gasteiger partial charge in [0.25, 0.3) is 5.91 Å². The number of nitrogens with zero attached hydrogens (tertiary/aromatic N) is 1. The van der Waals surface area contributed by atoms with Crippen molar-refractivity contribution >= 4 is 40.6 Å². The number of nitrogens with one attached hydrogen (secondary N) is 1. The van der Waals surface area contributed by atoms with Gasteiger partial charge in [0, 0.05) is 0 Å². The number of carboxylic acid groups (broad SMARTS) is 1. The second-order valence-electron chi connectivity index (χ2n) is 6.37. The molecule has 0 aliphatic carbocycles. The number of hydrogen-bond acceptors (Lipinski definition) is 6. The lowest BCUT2D eigenvalue weighted by Gasteiger charge is -2.13. The number of aliphatic imine (C=N–C) groups is 1. The van der Waals surface area contributed by atoms with E-state index in [0.29, 0.717) is 27.9 Å². The largest absolute Gasteiger partial charge is 0.508 e. The van der Waals surface area contributed by atoms with Crippen molar-refractivity contribution in [1.82, 2.24) is 5.32 Å². The highest BCUT2D eigenvalue weighted by Gasteiger charge is 2.24. The number of benzene rings is 2. The molecule has 150 valence electrons. The number of amidine groups is 1. The van der Waals surface area contributed by atoms with Gasteiger partial charge in [0.1, 0.15) is 11.5 Å². The lowest BCUT2D eigenvalue weighted by Crippen LogP contribution is -2.25. The minimum atomic E-state index is -1.01. The van der Waals surface area contributed by atoms with Gasteiger partial charge in [0.2, 0.25) is 0 Å². The van der Waals surface area contributed by atoms with E-state index < -0.39 is 12.1 Å². The molecule has 29 heavy (non-hydrogen) atoms. The van der Waals surface area contributed by atoms with Crippen molar-refractivity contribution in [3.05, 3.63) is 58.5 Å². The summed E-state index contributed by atoms with van der Waals surface area (Å²) >= 11 is 1.22. The Balaban J connectivity index is 1.73. The van der Waals surface area contributed by atoms with Gasteiger partial charge in [-0.15, -0.1) is 0 Å². The Morgan fingerprint density at radius 2 is 2.00 bits per heavy atom. The standard InChI is InChI=1S/C21H20N2O5S/c1-3-17(20(26)27)28-15-7-4-13(5-8-15)11-18-19(25)23-21(29-18)22-16-9-6-14(24)10-12(16)2/h4-11,17,24H,3H2,1-2H3,(H,26,27)(H,22,23,25)/b18-11+. The summed E-state index contributed by atoms with van der Waals surface area (Å²) in [7, 11) is 0. The van der Waals surface area contributed by atoms with Crippen molar-refractivity contribution in [2.24, 2.45) is 4.99 Å². The Labute approximate surface area is 172 Å². The summed E-state index contributed by atoms with van der Waals surface area (Å²) in [6.45, 7) is 3.57. The number of thioether (sulfide) groups is 1. The number of carbonyl (C=O) groups excluding carboxylic acids is 1. The normalized spacial score (nSPS) is 17.4. The van der Waals surface area contributed by atoms with Gasteiger partial charge in [-0.1, -0.05) is 19.1 Å². The second kappa shape index (κ2) is 8.83. The lowest BCUT2D eigenvalue weighted by molar-refractivity contribution is -0.145. The average molecular weight is 412 g/mol.